The fourth-order valence-corrected chi connectivity index (χ4v) is 9.72. The van der Waals surface area contributed by atoms with Crippen LogP contribution in [0, 0.1) is 5.92 Å². The van der Waals surface area contributed by atoms with E-state index in [-0.39, 0.29) is 25.1 Å². The summed E-state index contributed by atoms with van der Waals surface area (Å²) in [6.07, 6.45) is 9.33. The average molecular weight is 778 g/mol. The number of aryl methyl sites for hydroxylation is 1. The normalized spacial score (nSPS) is 29.8. The number of carbonyl (C=O) groups is 5. The zero-order valence-corrected chi connectivity index (χ0v) is 32.8. The molecule has 5 aliphatic rings. The zero-order chi connectivity index (χ0) is 39.4. The minimum atomic E-state index is -4.02. The van der Waals surface area contributed by atoms with Crippen LogP contribution in [0.4, 0.5) is 4.79 Å². The number of carbonyl (C=O) groups excluding carboxylic acids is 5. The Morgan fingerprint density at radius 2 is 1.84 bits per heavy atom. The molecule has 1 aromatic carbocycles. The number of pyridine rings is 1. The first kappa shape index (κ1) is 38.7. The van der Waals surface area contributed by atoms with E-state index in [0.29, 0.717) is 68.9 Å². The van der Waals surface area contributed by atoms with Crippen LogP contribution in [0.5, 0.6) is 5.75 Å². The molecule has 3 N–H and O–H groups in total. The van der Waals surface area contributed by atoms with E-state index in [0.717, 1.165) is 23.8 Å². The Kier molecular flexibility index (Phi) is 10.00. The number of ether oxygens (including phenoxy) is 2. The number of para-hydroxylation sites is 1. The van der Waals surface area contributed by atoms with Gasteiger partial charge in [-0.25, -0.2) is 18.2 Å². The van der Waals surface area contributed by atoms with E-state index >= 15 is 0 Å². The first-order valence-electron chi connectivity index (χ1n) is 19.4. The summed E-state index contributed by atoms with van der Waals surface area (Å²) in [5.74, 6) is -2.12. The summed E-state index contributed by atoms with van der Waals surface area (Å²) in [5.41, 5.74) is -1.94. The lowest BCUT2D eigenvalue weighted by molar-refractivity contribution is -0.144. The Hall–Kier alpha value is -4.53. The maximum Gasteiger partial charge on any atom is 0.408 e. The molecule has 1 aromatic heterocycles. The first-order chi connectivity index (χ1) is 26.0. The maximum absolute atomic E-state index is 14.7. The Morgan fingerprint density at radius 1 is 1.07 bits per heavy atom. The summed E-state index contributed by atoms with van der Waals surface area (Å²) < 4.78 is 40.1. The van der Waals surface area contributed by atoms with Crippen LogP contribution in [-0.2, 0) is 35.6 Å². The molecule has 14 nitrogen and oxygen atoms in total. The van der Waals surface area contributed by atoms with Crippen molar-refractivity contribution < 1.29 is 41.9 Å². The summed E-state index contributed by atoms with van der Waals surface area (Å²) in [7, 11) is -4.02. The van der Waals surface area contributed by atoms with Gasteiger partial charge in [-0.05, 0) is 91.5 Å². The molecule has 0 radical (unpaired) electrons. The van der Waals surface area contributed by atoms with Gasteiger partial charge in [-0.2, -0.15) is 0 Å². The lowest BCUT2D eigenvalue weighted by atomic mass is 9.65. The molecule has 1 spiro atoms. The number of rotatable bonds is 5. The number of hydrogen-bond donors (Lipinski definition) is 3. The molecule has 3 fully saturated rings. The smallest absolute Gasteiger partial charge is 0.408 e. The molecule has 296 valence electrons. The molecule has 3 aliphatic heterocycles. The van der Waals surface area contributed by atoms with Gasteiger partial charge in [0, 0.05) is 23.3 Å². The summed E-state index contributed by atoms with van der Waals surface area (Å²) in [4.78, 5) is 75.0. The number of aromatic nitrogens is 1. The molecule has 1 saturated heterocycles. The molecule has 4 amide bonds. The van der Waals surface area contributed by atoms with Crippen molar-refractivity contribution in [1.82, 2.24) is 25.2 Å². The van der Waals surface area contributed by atoms with Gasteiger partial charge in [0.15, 0.2) is 12.0 Å². The van der Waals surface area contributed by atoms with Crippen LogP contribution in [0.25, 0.3) is 10.9 Å². The monoisotopic (exact) mass is 777 g/mol. The topological polar surface area (TPSA) is 190 Å². The van der Waals surface area contributed by atoms with Gasteiger partial charge in [0.1, 0.15) is 34.5 Å². The van der Waals surface area contributed by atoms with Crippen LogP contribution in [0.3, 0.4) is 0 Å². The van der Waals surface area contributed by atoms with Gasteiger partial charge in [0.05, 0.1) is 16.8 Å². The number of alkyl carbamates (subject to hydrolysis) is 1. The molecule has 2 aliphatic carbocycles. The minimum Gasteiger partial charge on any atom is -0.483 e. The molecular weight excluding hydrogens is 727 g/mol. The van der Waals surface area contributed by atoms with Crippen LogP contribution in [0.1, 0.15) is 114 Å². The molecule has 4 heterocycles. The zero-order valence-electron chi connectivity index (χ0n) is 31.9. The van der Waals surface area contributed by atoms with E-state index in [2.05, 4.69) is 20.3 Å². The van der Waals surface area contributed by atoms with Gasteiger partial charge in [0.25, 0.3) is 5.91 Å². The van der Waals surface area contributed by atoms with E-state index in [1.807, 2.05) is 36.4 Å². The number of hydrogen-bond acceptors (Lipinski definition) is 10. The van der Waals surface area contributed by atoms with Crippen LogP contribution < -0.4 is 20.1 Å². The van der Waals surface area contributed by atoms with Crippen molar-refractivity contribution in [2.45, 2.75) is 138 Å². The summed E-state index contributed by atoms with van der Waals surface area (Å²) in [6, 6.07) is 5.26. The quantitative estimate of drug-likeness (QED) is 0.290. The van der Waals surface area contributed by atoms with Gasteiger partial charge >= 0.3 is 6.09 Å². The first-order valence-corrected chi connectivity index (χ1v) is 20.9. The Balaban J connectivity index is 1.26. The van der Waals surface area contributed by atoms with E-state index in [4.69, 9.17) is 9.47 Å². The number of nitrogens with one attached hydrogen (secondary N) is 3. The second-order valence-corrected chi connectivity index (χ2v) is 19.4. The number of fused-ring (bicyclic) bond motifs is 5. The van der Waals surface area contributed by atoms with Crippen molar-refractivity contribution in [3.8, 4) is 5.75 Å². The number of nitrogens with zero attached hydrogens (tertiary/aromatic N) is 2. The highest BCUT2D eigenvalue weighted by molar-refractivity contribution is 7.91. The number of allylic oxidation sites excluding steroid dienone is 1. The summed E-state index contributed by atoms with van der Waals surface area (Å²) >= 11 is 0. The average Bonchev–Trinajstić information content (AvgIpc) is 3.78. The Morgan fingerprint density at radius 3 is 2.53 bits per heavy atom. The molecule has 1 unspecified atom stereocenters. The van der Waals surface area contributed by atoms with Crippen molar-refractivity contribution in [1.29, 1.82) is 0 Å². The molecule has 0 bridgehead atoms. The highest BCUT2D eigenvalue weighted by Gasteiger charge is 2.59. The lowest BCUT2D eigenvalue weighted by Crippen LogP contribution is -2.70. The van der Waals surface area contributed by atoms with Gasteiger partial charge in [0.2, 0.25) is 21.8 Å². The molecular formula is C40H51N5O9S. The van der Waals surface area contributed by atoms with Gasteiger partial charge in [-0.15, -0.1) is 0 Å². The van der Waals surface area contributed by atoms with E-state index in [9.17, 15) is 32.4 Å². The maximum atomic E-state index is 14.7. The highest BCUT2D eigenvalue weighted by Crippen LogP contribution is 2.47. The van der Waals surface area contributed by atoms with Gasteiger partial charge in [-0.1, -0.05) is 43.2 Å². The second kappa shape index (κ2) is 14.2. The minimum absolute atomic E-state index is 0.0167. The highest BCUT2D eigenvalue weighted by atomic mass is 32.2. The predicted molar refractivity (Wildman–Crippen MR) is 203 cm³/mol. The lowest BCUT2D eigenvalue weighted by Gasteiger charge is -2.48. The molecule has 7 rings (SSSR count). The molecule has 2 saturated carbocycles. The third kappa shape index (κ3) is 7.43. The van der Waals surface area contributed by atoms with E-state index < -0.39 is 73.3 Å². The molecule has 15 heteroatoms. The van der Waals surface area contributed by atoms with Crippen molar-refractivity contribution in [2.75, 3.05) is 6.54 Å². The van der Waals surface area contributed by atoms with Crippen molar-refractivity contribution >= 4 is 51.0 Å². The largest absolute Gasteiger partial charge is 0.483 e. The van der Waals surface area contributed by atoms with Crippen LogP contribution in [0.2, 0.25) is 0 Å². The second-order valence-electron chi connectivity index (χ2n) is 17.2. The van der Waals surface area contributed by atoms with Crippen LogP contribution in [-0.4, -0.2) is 88.5 Å². The Labute approximate surface area is 321 Å². The predicted octanol–water partition coefficient (Wildman–Crippen LogP) is 4.39. The molecule has 2 aromatic rings. The van der Waals surface area contributed by atoms with Crippen molar-refractivity contribution in [2.24, 2.45) is 5.92 Å². The number of benzene rings is 1. The molecule has 55 heavy (non-hydrogen) atoms. The van der Waals surface area contributed by atoms with Gasteiger partial charge in [-0.3, -0.25) is 23.9 Å². The van der Waals surface area contributed by atoms with Gasteiger partial charge < -0.3 is 25.0 Å². The molecule has 5 atom stereocenters. The van der Waals surface area contributed by atoms with Crippen molar-refractivity contribution in [3.05, 3.63) is 47.7 Å². The Bertz CT molecular complexity index is 2060. The summed E-state index contributed by atoms with van der Waals surface area (Å²) in [5, 5.41) is 6.57. The summed E-state index contributed by atoms with van der Waals surface area (Å²) in [6.45, 7) is 6.72. The van der Waals surface area contributed by atoms with E-state index in [1.165, 1.54) is 4.90 Å². The number of amides is 4. The fourth-order valence-electron chi connectivity index (χ4n) is 8.41. The van der Waals surface area contributed by atoms with E-state index in [1.54, 1.807) is 27.7 Å². The van der Waals surface area contributed by atoms with Crippen LogP contribution in [0.15, 0.2) is 36.4 Å². The van der Waals surface area contributed by atoms with Crippen LogP contribution >= 0.6 is 0 Å². The van der Waals surface area contributed by atoms with Crippen molar-refractivity contribution in [3.63, 3.8) is 0 Å². The SMILES string of the molecule is CC(C)(C)OC(=O)NC1CCCCC/C=C\[C@@H]2CC[C@@]2(C(=O)NS(=O)(=O)C2(C)CC2)NC(=O)[C@@H]2C[C@]3(CCc4c(c(C=O)nc5ccccc45)O3)CN2C1=O. The number of aldehydes is 1. The fraction of sp³-hybridized carbons (Fsp3) is 0.600. The standard InChI is InChI=1S/C40H51N5O9S/c1-37(2,3)54-36(50)42-29-15-9-7-5-6-8-12-25-16-19-40(25,35(49)44-55(51,52)38(4)20-21-38)43-33(47)31-22-39(24-45(31)34(29)48)18-17-27-26-13-10-11-14-28(26)41-30(23-46)32(27)53-39/h8,10-14,23,25,29,31H,5-7,9,15-22,24H2,1-4H3,(H,42,50)(H,43,47)(H,44,49)/b12-8-/t25-,29?,31+,39-,40-/m1/s1. The third-order valence-corrected chi connectivity index (χ3v) is 14.2. The third-order valence-electron chi connectivity index (χ3n) is 12.0. The number of sulfonamides is 1.